The van der Waals surface area contributed by atoms with Gasteiger partial charge in [-0.25, -0.2) is 10.2 Å². The number of hydrogen-bond acceptors (Lipinski definition) is 7. The molecule has 0 spiro atoms. The lowest BCUT2D eigenvalue weighted by molar-refractivity contribution is -0.136. The van der Waals surface area contributed by atoms with Crippen LogP contribution in [0.25, 0.3) is 0 Å². The normalized spacial score (nSPS) is 11.3. The molecule has 0 aliphatic heterocycles. The molecule has 8 nitrogen and oxygen atoms in total. The summed E-state index contributed by atoms with van der Waals surface area (Å²) in [6.07, 6.45) is 2.76. The van der Waals surface area contributed by atoms with Gasteiger partial charge in [0.05, 0.1) is 19.6 Å². The molecule has 0 aliphatic rings. The topological polar surface area (TPSA) is 110 Å². The molecule has 0 saturated carbocycles. The standard InChI is InChI=1S/C27H22N2O6/c1-33-24-17-19(14-15-22(24)35-25(30)23-13-8-16-34-23)18-28-29-26(31)27(32,20-9-4-2-5-10-20)21-11-6-3-7-12-21/h2-18,32H,1H3,(H,29,31)/b28-18-. The van der Waals surface area contributed by atoms with E-state index in [1.807, 2.05) is 0 Å². The van der Waals surface area contributed by atoms with Gasteiger partial charge < -0.3 is 19.0 Å². The summed E-state index contributed by atoms with van der Waals surface area (Å²) in [5.74, 6) is -0.849. The lowest BCUT2D eigenvalue weighted by Crippen LogP contribution is -2.43. The van der Waals surface area contributed by atoms with Crippen LogP contribution in [0.4, 0.5) is 0 Å². The van der Waals surface area contributed by atoms with Crippen molar-refractivity contribution in [3.8, 4) is 11.5 Å². The van der Waals surface area contributed by atoms with E-state index in [-0.39, 0.29) is 17.3 Å². The second-order valence-electron chi connectivity index (χ2n) is 7.42. The maximum Gasteiger partial charge on any atom is 0.379 e. The van der Waals surface area contributed by atoms with Crippen LogP contribution in [0, 0.1) is 0 Å². The summed E-state index contributed by atoms with van der Waals surface area (Å²) in [6.45, 7) is 0. The SMILES string of the molecule is COc1cc(/C=N\NC(=O)C(O)(c2ccccc2)c2ccccc2)ccc1OC(=O)c1ccco1. The summed E-state index contributed by atoms with van der Waals surface area (Å²) in [5, 5.41) is 15.4. The highest BCUT2D eigenvalue weighted by molar-refractivity contribution is 5.91. The molecule has 1 heterocycles. The Kier molecular flexibility index (Phi) is 7.04. The molecule has 35 heavy (non-hydrogen) atoms. The molecule has 176 valence electrons. The van der Waals surface area contributed by atoms with Gasteiger partial charge in [0.25, 0.3) is 5.91 Å². The molecular formula is C27H22N2O6. The predicted octanol–water partition coefficient (Wildman–Crippen LogP) is 3.89. The quantitative estimate of drug-likeness (QED) is 0.175. The van der Waals surface area contributed by atoms with Crippen LogP contribution in [-0.2, 0) is 10.4 Å². The van der Waals surface area contributed by atoms with Gasteiger partial charge in [-0.15, -0.1) is 0 Å². The van der Waals surface area contributed by atoms with E-state index < -0.39 is 17.5 Å². The number of nitrogens with one attached hydrogen (secondary N) is 1. The van der Waals surface area contributed by atoms with Crippen molar-refractivity contribution >= 4 is 18.1 Å². The van der Waals surface area contributed by atoms with E-state index in [4.69, 9.17) is 13.9 Å². The van der Waals surface area contributed by atoms with Crippen LogP contribution in [-0.4, -0.2) is 30.3 Å². The summed E-state index contributed by atoms with van der Waals surface area (Å²) in [7, 11) is 1.43. The van der Waals surface area contributed by atoms with Crippen molar-refractivity contribution in [2.75, 3.05) is 7.11 Å². The molecule has 0 fully saturated rings. The maximum atomic E-state index is 13.1. The van der Waals surface area contributed by atoms with E-state index in [2.05, 4.69) is 10.5 Å². The smallest absolute Gasteiger partial charge is 0.379 e. The Bertz CT molecular complexity index is 1280. The van der Waals surface area contributed by atoms with Gasteiger partial charge in [0.1, 0.15) is 0 Å². The lowest BCUT2D eigenvalue weighted by atomic mass is 9.85. The van der Waals surface area contributed by atoms with Crippen molar-refractivity contribution in [2.24, 2.45) is 5.10 Å². The highest BCUT2D eigenvalue weighted by Crippen LogP contribution is 2.30. The largest absolute Gasteiger partial charge is 0.493 e. The molecule has 4 aromatic rings. The third kappa shape index (κ3) is 5.13. The second kappa shape index (κ2) is 10.5. The molecule has 0 saturated heterocycles. The summed E-state index contributed by atoms with van der Waals surface area (Å²) in [4.78, 5) is 25.2. The summed E-state index contributed by atoms with van der Waals surface area (Å²) in [5.41, 5.74) is 1.84. The van der Waals surface area contributed by atoms with E-state index in [1.165, 1.54) is 31.7 Å². The fourth-order valence-corrected chi connectivity index (χ4v) is 3.43. The van der Waals surface area contributed by atoms with Crippen LogP contribution in [0.2, 0.25) is 0 Å². The zero-order valence-corrected chi connectivity index (χ0v) is 18.8. The van der Waals surface area contributed by atoms with Gasteiger partial charge >= 0.3 is 5.97 Å². The number of carbonyl (C=O) groups is 2. The Labute approximate surface area is 201 Å². The highest BCUT2D eigenvalue weighted by atomic mass is 16.6. The number of hydrazone groups is 1. The summed E-state index contributed by atoms with van der Waals surface area (Å²) < 4.78 is 15.7. The van der Waals surface area contributed by atoms with Gasteiger partial charge in [-0.1, -0.05) is 60.7 Å². The number of amides is 1. The van der Waals surface area contributed by atoms with E-state index in [9.17, 15) is 14.7 Å². The van der Waals surface area contributed by atoms with Crippen molar-refractivity contribution in [3.63, 3.8) is 0 Å². The van der Waals surface area contributed by atoms with Crippen LogP contribution in [0.3, 0.4) is 0 Å². The predicted molar refractivity (Wildman–Crippen MR) is 128 cm³/mol. The van der Waals surface area contributed by atoms with Crippen molar-refractivity contribution in [3.05, 3.63) is 120 Å². The Hall–Kier alpha value is -4.69. The summed E-state index contributed by atoms with van der Waals surface area (Å²) >= 11 is 0. The minimum atomic E-state index is -1.94. The fraction of sp³-hybridized carbons (Fsp3) is 0.0741. The number of hydrogen-bond donors (Lipinski definition) is 2. The average molecular weight is 470 g/mol. The molecule has 0 bridgehead atoms. The average Bonchev–Trinajstić information content (AvgIpc) is 3.45. The first-order valence-corrected chi connectivity index (χ1v) is 10.6. The number of ether oxygens (including phenoxy) is 2. The number of nitrogens with zero attached hydrogens (tertiary/aromatic N) is 1. The molecule has 0 aliphatic carbocycles. The minimum absolute atomic E-state index is 0.0599. The van der Waals surface area contributed by atoms with Gasteiger partial charge in [-0.2, -0.15) is 5.10 Å². The number of benzene rings is 3. The zero-order valence-electron chi connectivity index (χ0n) is 18.8. The van der Waals surface area contributed by atoms with Crippen LogP contribution in [0.15, 0.2) is 107 Å². The number of rotatable bonds is 8. The van der Waals surface area contributed by atoms with Crippen molar-refractivity contribution in [1.29, 1.82) is 0 Å². The number of carbonyl (C=O) groups excluding carboxylic acids is 2. The molecule has 2 N–H and O–H groups in total. The van der Waals surface area contributed by atoms with Gasteiger partial charge in [0.2, 0.25) is 5.76 Å². The Morgan fingerprint density at radius 3 is 2.14 bits per heavy atom. The van der Waals surface area contributed by atoms with Crippen molar-refractivity contribution in [2.45, 2.75) is 5.60 Å². The fourth-order valence-electron chi connectivity index (χ4n) is 3.43. The second-order valence-corrected chi connectivity index (χ2v) is 7.42. The van der Waals surface area contributed by atoms with Crippen LogP contribution < -0.4 is 14.9 Å². The number of furan rings is 1. The molecule has 1 amide bonds. The maximum absolute atomic E-state index is 13.1. The Balaban J connectivity index is 1.51. The third-order valence-electron chi connectivity index (χ3n) is 5.20. The third-order valence-corrected chi connectivity index (χ3v) is 5.20. The summed E-state index contributed by atoms with van der Waals surface area (Å²) in [6, 6.07) is 25.1. The van der Waals surface area contributed by atoms with E-state index in [0.29, 0.717) is 16.7 Å². The zero-order chi connectivity index (χ0) is 24.7. The molecule has 1 aromatic heterocycles. The number of aliphatic hydroxyl groups is 1. The number of esters is 1. The first-order chi connectivity index (χ1) is 17.0. The monoisotopic (exact) mass is 470 g/mol. The van der Waals surface area contributed by atoms with Crippen LogP contribution >= 0.6 is 0 Å². The molecule has 3 aromatic carbocycles. The Morgan fingerprint density at radius 1 is 0.914 bits per heavy atom. The van der Waals surface area contributed by atoms with Crippen LogP contribution in [0.5, 0.6) is 11.5 Å². The first kappa shape index (κ1) is 23.5. The number of methoxy groups -OCH3 is 1. The lowest BCUT2D eigenvalue weighted by Gasteiger charge is -2.27. The van der Waals surface area contributed by atoms with Crippen molar-refractivity contribution in [1.82, 2.24) is 5.43 Å². The van der Waals surface area contributed by atoms with Gasteiger partial charge in [0.15, 0.2) is 17.1 Å². The molecule has 0 unspecified atom stereocenters. The van der Waals surface area contributed by atoms with Crippen LogP contribution in [0.1, 0.15) is 27.2 Å². The molecule has 0 atom stereocenters. The molecule has 8 heteroatoms. The molecule has 0 radical (unpaired) electrons. The highest BCUT2D eigenvalue weighted by Gasteiger charge is 2.39. The van der Waals surface area contributed by atoms with E-state index in [0.717, 1.165) is 0 Å². The van der Waals surface area contributed by atoms with E-state index in [1.54, 1.807) is 78.9 Å². The van der Waals surface area contributed by atoms with E-state index >= 15 is 0 Å². The van der Waals surface area contributed by atoms with Gasteiger partial charge in [0, 0.05) is 0 Å². The van der Waals surface area contributed by atoms with Gasteiger partial charge in [-0.05, 0) is 47.0 Å². The van der Waals surface area contributed by atoms with Crippen molar-refractivity contribution < 1.29 is 28.6 Å². The molecule has 4 rings (SSSR count). The molecular weight excluding hydrogens is 448 g/mol. The Morgan fingerprint density at radius 2 is 1.57 bits per heavy atom. The van der Waals surface area contributed by atoms with Gasteiger partial charge in [-0.3, -0.25) is 4.79 Å². The minimum Gasteiger partial charge on any atom is -0.493 e. The first-order valence-electron chi connectivity index (χ1n) is 10.6.